The number of unbranched alkanes of at least 4 members (excludes halogenated alkanes) is 8. The minimum absolute atomic E-state index is 0.326. The summed E-state index contributed by atoms with van der Waals surface area (Å²) in [4.78, 5) is 0. The third-order valence-electron chi connectivity index (χ3n) is 5.36. The molecule has 0 aliphatic rings. The van der Waals surface area contributed by atoms with E-state index in [1.165, 1.54) is 70.6 Å². The highest BCUT2D eigenvalue weighted by Crippen LogP contribution is 2.16. The van der Waals surface area contributed by atoms with Gasteiger partial charge in [-0.25, -0.2) is 0 Å². The Kier molecular flexibility index (Phi) is 17.3. The second-order valence-corrected chi connectivity index (χ2v) is 8.13. The first kappa shape index (κ1) is 25.8. The Morgan fingerprint density at radius 2 is 1.48 bits per heavy atom. The minimum atomic E-state index is 0.326. The van der Waals surface area contributed by atoms with E-state index in [9.17, 15) is 0 Å². The van der Waals surface area contributed by atoms with Crippen LogP contribution in [0, 0.1) is 0 Å². The van der Waals surface area contributed by atoms with Crippen LogP contribution in [0.3, 0.4) is 0 Å². The number of hydrogen-bond donors (Lipinski definition) is 1. The van der Waals surface area contributed by atoms with E-state index in [2.05, 4.69) is 58.3 Å². The molecule has 0 spiro atoms. The van der Waals surface area contributed by atoms with Crippen LogP contribution >= 0.6 is 0 Å². The molecule has 0 saturated heterocycles. The standard InChI is InChI=1S/C26H47N/c1-7-9-10-17-20-23(3)24(4)21-18-15-13-11-12-14-16-19-22-26(6)27-25(5)8-2/h8,15,18,25,27H,2,6-7,9-14,16-17,19-22H2,1,3-5H3/b18-15-,24-23-. The lowest BCUT2D eigenvalue weighted by atomic mass is 10.0. The van der Waals surface area contributed by atoms with Gasteiger partial charge in [0, 0.05) is 11.7 Å². The summed E-state index contributed by atoms with van der Waals surface area (Å²) in [6, 6.07) is 0.326. The maximum Gasteiger partial charge on any atom is 0.0410 e. The third kappa shape index (κ3) is 16.6. The highest BCUT2D eigenvalue weighted by Gasteiger charge is 1.98. The maximum absolute atomic E-state index is 4.09. The molecule has 0 aromatic carbocycles. The van der Waals surface area contributed by atoms with Crippen molar-refractivity contribution in [1.82, 2.24) is 5.32 Å². The van der Waals surface area contributed by atoms with Crippen molar-refractivity contribution in [3.8, 4) is 0 Å². The molecule has 0 heterocycles. The first-order chi connectivity index (χ1) is 13.0. The van der Waals surface area contributed by atoms with Crippen molar-refractivity contribution in [3.05, 3.63) is 48.2 Å². The molecule has 27 heavy (non-hydrogen) atoms. The van der Waals surface area contributed by atoms with Crippen molar-refractivity contribution >= 4 is 0 Å². The van der Waals surface area contributed by atoms with Crippen molar-refractivity contribution < 1.29 is 0 Å². The molecule has 1 heteroatoms. The average molecular weight is 374 g/mol. The van der Waals surface area contributed by atoms with Gasteiger partial charge in [-0.1, -0.05) is 81.4 Å². The first-order valence-electron chi connectivity index (χ1n) is 11.4. The lowest BCUT2D eigenvalue weighted by Gasteiger charge is -2.13. The average Bonchev–Trinajstić information content (AvgIpc) is 2.66. The predicted molar refractivity (Wildman–Crippen MR) is 125 cm³/mol. The minimum Gasteiger partial charge on any atom is -0.383 e. The summed E-state index contributed by atoms with van der Waals surface area (Å²) in [6.45, 7) is 16.9. The van der Waals surface area contributed by atoms with Crippen molar-refractivity contribution in [1.29, 1.82) is 0 Å². The summed E-state index contributed by atoms with van der Waals surface area (Å²) in [6.07, 6.45) is 23.4. The van der Waals surface area contributed by atoms with Gasteiger partial charge in [-0.15, -0.1) is 6.58 Å². The Morgan fingerprint density at radius 3 is 2.19 bits per heavy atom. The summed E-state index contributed by atoms with van der Waals surface area (Å²) in [7, 11) is 0. The van der Waals surface area contributed by atoms with Crippen molar-refractivity contribution in [3.63, 3.8) is 0 Å². The van der Waals surface area contributed by atoms with E-state index in [0.717, 1.165) is 18.5 Å². The van der Waals surface area contributed by atoms with Gasteiger partial charge in [0.25, 0.3) is 0 Å². The van der Waals surface area contributed by atoms with E-state index < -0.39 is 0 Å². The molecular formula is C26H47N. The zero-order chi connectivity index (χ0) is 20.3. The Bertz CT molecular complexity index is 441. The fourth-order valence-electron chi connectivity index (χ4n) is 3.17. The first-order valence-corrected chi connectivity index (χ1v) is 11.4. The molecule has 1 atom stereocenters. The van der Waals surface area contributed by atoms with E-state index >= 15 is 0 Å². The van der Waals surface area contributed by atoms with Crippen LogP contribution in [-0.4, -0.2) is 6.04 Å². The number of hydrogen-bond acceptors (Lipinski definition) is 1. The van der Waals surface area contributed by atoms with E-state index in [1.54, 1.807) is 11.1 Å². The molecule has 0 aromatic heterocycles. The maximum atomic E-state index is 4.09. The molecule has 0 aromatic rings. The molecule has 0 aliphatic heterocycles. The molecular weight excluding hydrogens is 326 g/mol. The smallest absolute Gasteiger partial charge is 0.0410 e. The molecule has 0 bridgehead atoms. The van der Waals surface area contributed by atoms with E-state index in [-0.39, 0.29) is 0 Å². The molecule has 0 amide bonds. The van der Waals surface area contributed by atoms with Gasteiger partial charge in [-0.3, -0.25) is 0 Å². The van der Waals surface area contributed by atoms with Crippen LogP contribution in [0.25, 0.3) is 0 Å². The zero-order valence-electron chi connectivity index (χ0n) is 18.9. The lowest BCUT2D eigenvalue weighted by molar-refractivity contribution is 0.596. The van der Waals surface area contributed by atoms with Gasteiger partial charge in [0.2, 0.25) is 0 Å². The second kappa shape index (κ2) is 18.1. The predicted octanol–water partition coefficient (Wildman–Crippen LogP) is 8.65. The van der Waals surface area contributed by atoms with Gasteiger partial charge in [0.05, 0.1) is 0 Å². The monoisotopic (exact) mass is 373 g/mol. The van der Waals surface area contributed by atoms with Crippen molar-refractivity contribution in [2.45, 2.75) is 117 Å². The van der Waals surface area contributed by atoms with Gasteiger partial charge in [0.1, 0.15) is 0 Å². The number of nitrogens with one attached hydrogen (secondary N) is 1. The summed E-state index contributed by atoms with van der Waals surface area (Å²) in [5.41, 5.74) is 4.33. The molecule has 0 fully saturated rings. The van der Waals surface area contributed by atoms with E-state index in [1.807, 2.05) is 6.08 Å². The molecule has 0 aliphatic carbocycles. The van der Waals surface area contributed by atoms with Gasteiger partial charge in [-0.2, -0.15) is 0 Å². The van der Waals surface area contributed by atoms with Crippen LogP contribution in [0.1, 0.15) is 111 Å². The number of rotatable bonds is 18. The normalized spacial score (nSPS) is 13.5. The second-order valence-electron chi connectivity index (χ2n) is 8.13. The highest BCUT2D eigenvalue weighted by molar-refractivity contribution is 5.13. The summed E-state index contributed by atoms with van der Waals surface area (Å²) < 4.78 is 0. The van der Waals surface area contributed by atoms with Crippen LogP contribution in [0.5, 0.6) is 0 Å². The summed E-state index contributed by atoms with van der Waals surface area (Å²) in [5.74, 6) is 0. The quantitative estimate of drug-likeness (QED) is 0.187. The van der Waals surface area contributed by atoms with Gasteiger partial charge < -0.3 is 5.32 Å². The molecule has 0 saturated carbocycles. The zero-order valence-corrected chi connectivity index (χ0v) is 18.9. The highest BCUT2D eigenvalue weighted by atomic mass is 14.9. The Morgan fingerprint density at radius 1 is 0.852 bits per heavy atom. The van der Waals surface area contributed by atoms with Crippen molar-refractivity contribution in [2.75, 3.05) is 0 Å². The molecule has 156 valence electrons. The molecule has 0 rings (SSSR count). The largest absolute Gasteiger partial charge is 0.383 e. The summed E-state index contributed by atoms with van der Waals surface area (Å²) >= 11 is 0. The van der Waals surface area contributed by atoms with Crippen molar-refractivity contribution in [2.24, 2.45) is 0 Å². The Balaban J connectivity index is 3.61. The summed E-state index contributed by atoms with van der Waals surface area (Å²) in [5, 5.41) is 3.36. The van der Waals surface area contributed by atoms with Crippen LogP contribution < -0.4 is 5.32 Å². The molecule has 1 N–H and O–H groups in total. The SMILES string of the molecule is C=CC(C)NC(=C)CCCCCCC/C=C\C/C(C)=C(/C)CCCCCC. The third-order valence-corrected chi connectivity index (χ3v) is 5.36. The van der Waals surface area contributed by atoms with Gasteiger partial charge in [-0.05, 0) is 65.7 Å². The van der Waals surface area contributed by atoms with Crippen LogP contribution in [0.15, 0.2) is 48.2 Å². The van der Waals surface area contributed by atoms with E-state index in [0.29, 0.717) is 6.04 Å². The van der Waals surface area contributed by atoms with Gasteiger partial charge >= 0.3 is 0 Å². The Hall–Kier alpha value is -1.24. The lowest BCUT2D eigenvalue weighted by Crippen LogP contribution is -2.22. The van der Waals surface area contributed by atoms with E-state index in [4.69, 9.17) is 0 Å². The molecule has 1 unspecified atom stereocenters. The topological polar surface area (TPSA) is 12.0 Å². The fraction of sp³-hybridized carbons (Fsp3) is 0.692. The van der Waals surface area contributed by atoms with Gasteiger partial charge in [0.15, 0.2) is 0 Å². The van der Waals surface area contributed by atoms with Crippen LogP contribution in [0.4, 0.5) is 0 Å². The van der Waals surface area contributed by atoms with Crippen LogP contribution in [-0.2, 0) is 0 Å². The fourth-order valence-corrected chi connectivity index (χ4v) is 3.17. The molecule has 1 nitrogen and oxygen atoms in total. The molecule has 0 radical (unpaired) electrons. The number of allylic oxidation sites excluding steroid dienone is 5. The Labute approximate surface area is 171 Å². The van der Waals surface area contributed by atoms with Crippen LogP contribution in [0.2, 0.25) is 0 Å².